The molecule has 5 nitrogen and oxygen atoms in total. The fraction of sp³-hybridized carbons (Fsp3) is 0.650. The number of hydrogen-bond acceptors (Lipinski definition) is 4. The van der Waals surface area contributed by atoms with Crippen LogP contribution in [-0.2, 0) is 9.59 Å². The average Bonchev–Trinajstić information content (AvgIpc) is 3.11. The first-order chi connectivity index (χ1) is 12.5. The fourth-order valence-corrected chi connectivity index (χ4v) is 6.58. The number of nitrogens with one attached hydrogen (secondary N) is 2. The molecule has 0 unspecified atom stereocenters. The first-order valence-electron chi connectivity index (χ1n) is 9.66. The van der Waals surface area contributed by atoms with Crippen LogP contribution in [0.1, 0.15) is 67.5 Å². The van der Waals surface area contributed by atoms with Gasteiger partial charge in [0.25, 0.3) is 0 Å². The Kier molecular flexibility index (Phi) is 4.86. The first-order valence-corrected chi connectivity index (χ1v) is 10.5. The third-order valence-corrected chi connectivity index (χ3v) is 7.33. The largest absolute Gasteiger partial charge is 0.293 e. The predicted octanol–water partition coefficient (Wildman–Crippen LogP) is 3.46. The molecule has 4 saturated carbocycles. The van der Waals surface area contributed by atoms with E-state index in [4.69, 9.17) is 0 Å². The minimum Gasteiger partial charge on any atom is -0.293 e. The maximum Gasteiger partial charge on any atom is 0.238 e. The van der Waals surface area contributed by atoms with Gasteiger partial charge in [-0.1, -0.05) is 6.07 Å². The summed E-state index contributed by atoms with van der Waals surface area (Å²) in [6.07, 6.45) is 8.37. The Morgan fingerprint density at radius 3 is 2.15 bits per heavy atom. The van der Waals surface area contributed by atoms with Crippen LogP contribution in [0.3, 0.4) is 0 Å². The lowest BCUT2D eigenvalue weighted by molar-refractivity contribution is -0.134. The summed E-state index contributed by atoms with van der Waals surface area (Å²) in [4.78, 5) is 36.9. The molecule has 2 N–H and O–H groups in total. The van der Waals surface area contributed by atoms with E-state index in [-0.39, 0.29) is 35.9 Å². The van der Waals surface area contributed by atoms with Gasteiger partial charge in [-0.2, -0.15) is 0 Å². The Labute approximate surface area is 157 Å². The lowest BCUT2D eigenvalue weighted by atomic mass is 9.49. The van der Waals surface area contributed by atoms with Gasteiger partial charge in [-0.25, -0.2) is 0 Å². The molecular formula is C20H26N2O3S. The number of hydrazine groups is 1. The smallest absolute Gasteiger partial charge is 0.238 e. The molecule has 5 rings (SSSR count). The van der Waals surface area contributed by atoms with Crippen molar-refractivity contribution < 1.29 is 14.4 Å². The molecule has 0 radical (unpaired) electrons. The van der Waals surface area contributed by atoms with Crippen LogP contribution in [0.5, 0.6) is 0 Å². The van der Waals surface area contributed by atoms with Gasteiger partial charge in [0.05, 0.1) is 4.88 Å². The van der Waals surface area contributed by atoms with E-state index in [0.717, 1.165) is 17.8 Å². The fourth-order valence-electron chi connectivity index (χ4n) is 5.88. The van der Waals surface area contributed by atoms with E-state index in [1.165, 1.54) is 49.9 Å². The molecule has 26 heavy (non-hydrogen) atoms. The van der Waals surface area contributed by atoms with Crippen molar-refractivity contribution in [3.63, 3.8) is 0 Å². The average molecular weight is 375 g/mol. The van der Waals surface area contributed by atoms with Gasteiger partial charge in [-0.3, -0.25) is 25.2 Å². The molecule has 1 aromatic heterocycles. The lowest BCUT2D eigenvalue weighted by Crippen LogP contribution is -2.50. The highest BCUT2D eigenvalue weighted by Gasteiger charge is 2.51. The van der Waals surface area contributed by atoms with E-state index in [2.05, 4.69) is 10.9 Å². The van der Waals surface area contributed by atoms with Crippen molar-refractivity contribution in [2.75, 3.05) is 0 Å². The van der Waals surface area contributed by atoms with Crippen molar-refractivity contribution in [1.82, 2.24) is 10.9 Å². The number of carbonyl (C=O) groups excluding carboxylic acids is 3. The summed E-state index contributed by atoms with van der Waals surface area (Å²) in [5.74, 6) is 2.00. The van der Waals surface area contributed by atoms with Crippen LogP contribution in [0, 0.1) is 23.2 Å². The highest BCUT2D eigenvalue weighted by atomic mass is 32.1. The molecule has 1 heterocycles. The van der Waals surface area contributed by atoms with Gasteiger partial charge in [-0.15, -0.1) is 11.3 Å². The van der Waals surface area contributed by atoms with Crippen molar-refractivity contribution in [2.24, 2.45) is 23.2 Å². The lowest BCUT2D eigenvalue weighted by Gasteiger charge is -2.56. The number of hydrogen-bond donors (Lipinski definition) is 2. The molecule has 0 atom stereocenters. The Bertz CT molecular complexity index is 663. The van der Waals surface area contributed by atoms with Crippen LogP contribution in [-0.4, -0.2) is 17.6 Å². The first kappa shape index (κ1) is 17.7. The Hall–Kier alpha value is -1.69. The molecule has 140 valence electrons. The van der Waals surface area contributed by atoms with Gasteiger partial charge < -0.3 is 0 Å². The number of thiophene rings is 1. The van der Waals surface area contributed by atoms with Crippen LogP contribution < -0.4 is 10.9 Å². The number of rotatable bonds is 6. The van der Waals surface area contributed by atoms with Gasteiger partial charge in [0, 0.05) is 19.3 Å². The molecule has 4 aliphatic rings. The normalized spacial score (nSPS) is 31.6. The van der Waals surface area contributed by atoms with Crippen molar-refractivity contribution in [1.29, 1.82) is 0 Å². The summed E-state index contributed by atoms with van der Waals surface area (Å²) in [6, 6.07) is 3.58. The zero-order chi connectivity index (χ0) is 18.1. The third kappa shape index (κ3) is 3.85. The van der Waals surface area contributed by atoms with E-state index < -0.39 is 0 Å². The van der Waals surface area contributed by atoms with Gasteiger partial charge in [0.2, 0.25) is 11.8 Å². The van der Waals surface area contributed by atoms with Crippen molar-refractivity contribution in [3.8, 4) is 0 Å². The number of carbonyl (C=O) groups is 3. The van der Waals surface area contributed by atoms with Gasteiger partial charge in [-0.05, 0) is 73.1 Å². The topological polar surface area (TPSA) is 75.3 Å². The third-order valence-electron chi connectivity index (χ3n) is 6.42. The highest BCUT2D eigenvalue weighted by molar-refractivity contribution is 7.12. The van der Waals surface area contributed by atoms with Gasteiger partial charge >= 0.3 is 0 Å². The molecule has 4 fully saturated rings. The van der Waals surface area contributed by atoms with Crippen molar-refractivity contribution in [3.05, 3.63) is 22.4 Å². The van der Waals surface area contributed by atoms with Gasteiger partial charge in [0.15, 0.2) is 5.78 Å². The number of Topliss-reactive ketones (excluding diaryl/α,β-unsaturated/α-hetero) is 1. The van der Waals surface area contributed by atoms with E-state index in [9.17, 15) is 14.4 Å². The van der Waals surface area contributed by atoms with E-state index in [0.29, 0.717) is 11.3 Å². The summed E-state index contributed by atoms with van der Waals surface area (Å²) >= 11 is 1.38. The predicted molar refractivity (Wildman–Crippen MR) is 99.4 cm³/mol. The van der Waals surface area contributed by atoms with Crippen LogP contribution in [0.25, 0.3) is 0 Å². The molecule has 4 bridgehead atoms. The number of ketones is 1. The Morgan fingerprint density at radius 2 is 1.58 bits per heavy atom. The summed E-state index contributed by atoms with van der Waals surface area (Å²) in [5.41, 5.74) is 5.21. The molecule has 0 aromatic carbocycles. The van der Waals surface area contributed by atoms with E-state index in [1.54, 1.807) is 6.07 Å². The zero-order valence-electron chi connectivity index (χ0n) is 15.0. The summed E-state index contributed by atoms with van der Waals surface area (Å²) in [7, 11) is 0. The monoisotopic (exact) mass is 374 g/mol. The van der Waals surface area contributed by atoms with Crippen LogP contribution in [0.15, 0.2) is 17.5 Å². The zero-order valence-corrected chi connectivity index (χ0v) is 15.8. The molecule has 4 aliphatic carbocycles. The Morgan fingerprint density at radius 1 is 0.962 bits per heavy atom. The maximum atomic E-state index is 12.4. The molecule has 0 spiro atoms. The highest BCUT2D eigenvalue weighted by Crippen LogP contribution is 2.61. The second-order valence-electron chi connectivity index (χ2n) is 8.59. The van der Waals surface area contributed by atoms with E-state index in [1.807, 2.05) is 11.4 Å². The second kappa shape index (κ2) is 7.14. The molecular weight excluding hydrogens is 348 g/mol. The summed E-state index contributed by atoms with van der Waals surface area (Å²) < 4.78 is 0. The number of amides is 2. The molecule has 0 saturated heterocycles. The molecule has 2 amide bonds. The van der Waals surface area contributed by atoms with E-state index >= 15 is 0 Å². The van der Waals surface area contributed by atoms with Gasteiger partial charge in [0.1, 0.15) is 0 Å². The summed E-state index contributed by atoms with van der Waals surface area (Å²) in [6.45, 7) is 0. The van der Waals surface area contributed by atoms with Crippen molar-refractivity contribution in [2.45, 2.75) is 57.8 Å². The Balaban J connectivity index is 1.20. The van der Waals surface area contributed by atoms with Crippen LogP contribution in [0.2, 0.25) is 0 Å². The van der Waals surface area contributed by atoms with Crippen LogP contribution in [0.4, 0.5) is 0 Å². The van der Waals surface area contributed by atoms with Crippen molar-refractivity contribution >= 4 is 28.9 Å². The maximum absolute atomic E-state index is 12.4. The molecule has 6 heteroatoms. The summed E-state index contributed by atoms with van der Waals surface area (Å²) in [5, 5.41) is 1.85. The van der Waals surface area contributed by atoms with Crippen LogP contribution >= 0.6 is 11.3 Å². The SMILES string of the molecule is O=C(CCC(=O)c1cccs1)NNC(=O)CC12CC3CC(CC(C3)C1)C2. The minimum absolute atomic E-state index is 0.0324. The second-order valence-corrected chi connectivity index (χ2v) is 9.54. The minimum atomic E-state index is -0.311. The standard InChI is InChI=1S/C20H26N2O3S/c23-16(17-2-1-5-26-17)3-4-18(24)21-22-19(25)12-20-9-13-6-14(10-20)8-15(7-13)11-20/h1-2,5,13-15H,3-4,6-12H2,(H,21,24)(H,22,25). The molecule has 1 aromatic rings. The quantitative estimate of drug-likeness (QED) is 0.591. The molecule has 0 aliphatic heterocycles.